The Hall–Kier alpha value is -2.25. The number of aldehydes is 1. The second-order valence-electron chi connectivity index (χ2n) is 7.12. The molecular formula is C20H31N3O4. The molecule has 0 radical (unpaired) electrons. The quantitative estimate of drug-likeness (QED) is 0.372. The molecule has 0 aliphatic rings. The molecular weight excluding hydrogens is 346 g/mol. The van der Waals surface area contributed by atoms with Crippen LogP contribution in [0.1, 0.15) is 45.1 Å². The third kappa shape index (κ3) is 9.30. The first kappa shape index (κ1) is 22.8. The van der Waals surface area contributed by atoms with Crippen molar-refractivity contribution >= 4 is 18.2 Å². The molecule has 1 rings (SSSR count). The lowest BCUT2D eigenvalue weighted by molar-refractivity contribution is -0.146. The monoisotopic (exact) mass is 377 g/mol. The van der Waals surface area contributed by atoms with Gasteiger partial charge in [-0.05, 0) is 37.2 Å². The standard InChI is InChI=1S/C20H31N3O4/c1-14(2)11-18(22)19(25)23-16(12-24)9-6-10-17(21)20(26)27-13-15-7-4-3-5-8-15/h3-5,7-8,12,14,16-18H,6,9-11,13,21-22H2,1-2H3,(H,23,25)/t16-,17?,18-/m0/s1. The molecule has 150 valence electrons. The van der Waals surface area contributed by atoms with E-state index in [-0.39, 0.29) is 12.5 Å². The summed E-state index contributed by atoms with van der Waals surface area (Å²) in [6, 6.07) is 7.30. The van der Waals surface area contributed by atoms with E-state index in [1.54, 1.807) is 0 Å². The number of benzene rings is 1. The number of ether oxygens (including phenoxy) is 1. The molecule has 27 heavy (non-hydrogen) atoms. The summed E-state index contributed by atoms with van der Waals surface area (Å²) in [6.07, 6.45) is 2.49. The van der Waals surface area contributed by atoms with Gasteiger partial charge in [-0.1, -0.05) is 44.2 Å². The number of nitrogens with two attached hydrogens (primary N) is 2. The number of hydrogen-bond acceptors (Lipinski definition) is 6. The van der Waals surface area contributed by atoms with Crippen LogP contribution in [-0.4, -0.2) is 36.3 Å². The van der Waals surface area contributed by atoms with Crippen LogP contribution in [-0.2, 0) is 25.7 Å². The minimum atomic E-state index is -0.764. The van der Waals surface area contributed by atoms with Crippen LogP contribution in [0.15, 0.2) is 30.3 Å². The fourth-order valence-electron chi connectivity index (χ4n) is 2.59. The van der Waals surface area contributed by atoms with Gasteiger partial charge in [0.15, 0.2) is 0 Å². The summed E-state index contributed by atoms with van der Waals surface area (Å²) in [4.78, 5) is 35.1. The number of carbonyl (C=O) groups excluding carboxylic acids is 3. The van der Waals surface area contributed by atoms with E-state index in [1.165, 1.54) is 0 Å². The number of carbonyl (C=O) groups is 3. The minimum absolute atomic E-state index is 0.175. The Morgan fingerprint density at radius 3 is 2.37 bits per heavy atom. The highest BCUT2D eigenvalue weighted by Crippen LogP contribution is 2.07. The second kappa shape index (κ2) is 12.2. The number of nitrogens with one attached hydrogen (secondary N) is 1. The molecule has 1 amide bonds. The highest BCUT2D eigenvalue weighted by molar-refractivity contribution is 5.84. The van der Waals surface area contributed by atoms with Crippen molar-refractivity contribution in [3.8, 4) is 0 Å². The first-order valence-electron chi connectivity index (χ1n) is 9.30. The van der Waals surface area contributed by atoms with Crippen LogP contribution in [0.4, 0.5) is 0 Å². The zero-order valence-electron chi connectivity index (χ0n) is 16.1. The Morgan fingerprint density at radius 1 is 1.11 bits per heavy atom. The first-order chi connectivity index (χ1) is 12.8. The maximum absolute atomic E-state index is 12.0. The maximum atomic E-state index is 12.0. The van der Waals surface area contributed by atoms with E-state index in [4.69, 9.17) is 16.2 Å². The van der Waals surface area contributed by atoms with Gasteiger partial charge >= 0.3 is 5.97 Å². The summed E-state index contributed by atoms with van der Waals surface area (Å²) >= 11 is 0. The molecule has 0 saturated carbocycles. The molecule has 0 heterocycles. The molecule has 0 aromatic heterocycles. The molecule has 0 bridgehead atoms. The summed E-state index contributed by atoms with van der Waals surface area (Å²) in [5.74, 6) is -0.530. The maximum Gasteiger partial charge on any atom is 0.323 e. The van der Waals surface area contributed by atoms with Crippen molar-refractivity contribution in [2.24, 2.45) is 17.4 Å². The SMILES string of the molecule is CC(C)C[C@H](N)C(=O)N[C@H](C=O)CCCC(N)C(=O)OCc1ccccc1. The van der Waals surface area contributed by atoms with Crippen LogP contribution < -0.4 is 16.8 Å². The minimum Gasteiger partial charge on any atom is -0.460 e. The number of esters is 1. The Morgan fingerprint density at radius 2 is 1.78 bits per heavy atom. The van der Waals surface area contributed by atoms with Crippen LogP contribution in [0.2, 0.25) is 0 Å². The van der Waals surface area contributed by atoms with Gasteiger partial charge in [0.2, 0.25) is 5.91 Å². The number of hydrogen-bond donors (Lipinski definition) is 3. The van der Waals surface area contributed by atoms with Crippen LogP contribution >= 0.6 is 0 Å². The van der Waals surface area contributed by atoms with E-state index in [0.717, 1.165) is 5.56 Å². The topological polar surface area (TPSA) is 125 Å². The van der Waals surface area contributed by atoms with E-state index < -0.39 is 24.1 Å². The van der Waals surface area contributed by atoms with Crippen molar-refractivity contribution < 1.29 is 19.1 Å². The molecule has 7 heteroatoms. The fourth-order valence-corrected chi connectivity index (χ4v) is 2.59. The van der Waals surface area contributed by atoms with E-state index in [1.807, 2.05) is 44.2 Å². The van der Waals surface area contributed by atoms with Crippen LogP contribution in [0.5, 0.6) is 0 Å². The summed E-state index contributed by atoms with van der Waals surface area (Å²) in [5.41, 5.74) is 12.5. The highest BCUT2D eigenvalue weighted by atomic mass is 16.5. The largest absolute Gasteiger partial charge is 0.460 e. The lowest BCUT2D eigenvalue weighted by Gasteiger charge is -2.18. The lowest BCUT2D eigenvalue weighted by atomic mass is 10.0. The van der Waals surface area contributed by atoms with Crippen LogP contribution in [0, 0.1) is 5.92 Å². The Balaban J connectivity index is 2.31. The smallest absolute Gasteiger partial charge is 0.323 e. The van der Waals surface area contributed by atoms with Crippen molar-refractivity contribution in [3.63, 3.8) is 0 Å². The molecule has 0 aliphatic carbocycles. The molecule has 0 saturated heterocycles. The van der Waals surface area contributed by atoms with Gasteiger partial charge in [0.25, 0.3) is 0 Å². The zero-order valence-corrected chi connectivity index (χ0v) is 16.1. The Bertz CT molecular complexity index is 592. The Kier molecular flexibility index (Phi) is 10.3. The first-order valence-corrected chi connectivity index (χ1v) is 9.30. The number of amides is 1. The molecule has 1 aromatic rings. The van der Waals surface area contributed by atoms with Gasteiger partial charge in [0, 0.05) is 0 Å². The molecule has 1 unspecified atom stereocenters. The van der Waals surface area contributed by atoms with Crippen molar-refractivity contribution in [2.75, 3.05) is 0 Å². The Labute approximate surface area is 160 Å². The van der Waals surface area contributed by atoms with E-state index >= 15 is 0 Å². The molecule has 7 nitrogen and oxygen atoms in total. The molecule has 5 N–H and O–H groups in total. The third-order valence-electron chi connectivity index (χ3n) is 4.11. The lowest BCUT2D eigenvalue weighted by Crippen LogP contribution is -2.46. The van der Waals surface area contributed by atoms with Gasteiger partial charge < -0.3 is 26.3 Å². The van der Waals surface area contributed by atoms with Crippen LogP contribution in [0.3, 0.4) is 0 Å². The molecule has 0 aliphatic heterocycles. The van der Waals surface area contributed by atoms with Gasteiger partial charge in [-0.3, -0.25) is 9.59 Å². The summed E-state index contributed by atoms with van der Waals surface area (Å²) < 4.78 is 5.19. The predicted molar refractivity (Wildman–Crippen MR) is 103 cm³/mol. The average molecular weight is 377 g/mol. The average Bonchev–Trinajstić information content (AvgIpc) is 2.65. The van der Waals surface area contributed by atoms with Crippen molar-refractivity contribution in [1.29, 1.82) is 0 Å². The van der Waals surface area contributed by atoms with Gasteiger partial charge in [-0.25, -0.2) is 0 Å². The van der Waals surface area contributed by atoms with Crippen molar-refractivity contribution in [3.05, 3.63) is 35.9 Å². The van der Waals surface area contributed by atoms with Gasteiger partial charge in [0.1, 0.15) is 18.9 Å². The van der Waals surface area contributed by atoms with E-state index in [0.29, 0.717) is 37.9 Å². The van der Waals surface area contributed by atoms with Gasteiger partial charge in [-0.2, -0.15) is 0 Å². The third-order valence-corrected chi connectivity index (χ3v) is 4.11. The molecule has 3 atom stereocenters. The van der Waals surface area contributed by atoms with E-state index in [9.17, 15) is 14.4 Å². The second-order valence-corrected chi connectivity index (χ2v) is 7.12. The van der Waals surface area contributed by atoms with Crippen molar-refractivity contribution in [2.45, 2.75) is 64.3 Å². The van der Waals surface area contributed by atoms with E-state index in [2.05, 4.69) is 5.32 Å². The number of rotatable bonds is 12. The van der Waals surface area contributed by atoms with Crippen molar-refractivity contribution in [1.82, 2.24) is 5.32 Å². The molecule has 1 aromatic carbocycles. The zero-order chi connectivity index (χ0) is 20.2. The van der Waals surface area contributed by atoms with Crippen LogP contribution in [0.25, 0.3) is 0 Å². The fraction of sp³-hybridized carbons (Fsp3) is 0.550. The normalized spacial score (nSPS) is 14.3. The summed E-state index contributed by atoms with van der Waals surface area (Å²) in [5, 5.41) is 2.63. The van der Waals surface area contributed by atoms with Gasteiger partial charge in [-0.15, -0.1) is 0 Å². The highest BCUT2D eigenvalue weighted by Gasteiger charge is 2.20. The molecule has 0 spiro atoms. The summed E-state index contributed by atoms with van der Waals surface area (Å²) in [6.45, 7) is 4.12. The molecule has 0 fully saturated rings. The predicted octanol–water partition coefficient (Wildman–Crippen LogP) is 1.28. The van der Waals surface area contributed by atoms with Gasteiger partial charge in [0.05, 0.1) is 12.1 Å². The summed E-state index contributed by atoms with van der Waals surface area (Å²) in [7, 11) is 0.